The molecular formula is C20H31NaO5. The number of allylic oxidation sites excluding steroid dienone is 6. The van der Waals surface area contributed by atoms with Gasteiger partial charge in [-0.2, -0.15) is 0 Å². The maximum absolute atomic E-state index is 10.3. The van der Waals surface area contributed by atoms with E-state index >= 15 is 0 Å². The largest absolute Gasteiger partial charge is 1.00 e. The summed E-state index contributed by atoms with van der Waals surface area (Å²) >= 11 is 0. The van der Waals surface area contributed by atoms with Crippen molar-refractivity contribution in [2.45, 2.75) is 70.2 Å². The van der Waals surface area contributed by atoms with Crippen molar-refractivity contribution < 1.29 is 54.8 Å². The van der Waals surface area contributed by atoms with E-state index in [0.717, 1.165) is 25.7 Å². The van der Waals surface area contributed by atoms with Crippen molar-refractivity contribution in [3.63, 3.8) is 0 Å². The predicted octanol–water partition coefficient (Wildman–Crippen LogP) is -1.20. The van der Waals surface area contributed by atoms with Crippen molar-refractivity contribution in [3.05, 3.63) is 48.6 Å². The first-order valence-electron chi connectivity index (χ1n) is 8.89. The zero-order chi connectivity index (χ0) is 18.9. The topological polar surface area (TPSA) is 101 Å². The van der Waals surface area contributed by atoms with Crippen LogP contribution in [0.25, 0.3) is 0 Å². The van der Waals surface area contributed by atoms with Crippen molar-refractivity contribution in [2.24, 2.45) is 0 Å². The molecule has 0 aromatic carbocycles. The maximum Gasteiger partial charge on any atom is 1.00 e. The van der Waals surface area contributed by atoms with Crippen LogP contribution in [-0.2, 0) is 4.79 Å². The van der Waals surface area contributed by atoms with E-state index in [4.69, 9.17) is 0 Å². The van der Waals surface area contributed by atoms with Crippen LogP contribution in [0.4, 0.5) is 0 Å². The molecule has 6 heteroatoms. The molecular weight excluding hydrogens is 343 g/mol. The number of aliphatic carboxylic acids is 1. The van der Waals surface area contributed by atoms with E-state index in [9.17, 15) is 25.2 Å². The zero-order valence-electron chi connectivity index (χ0n) is 16.0. The Balaban J connectivity index is 0. The molecule has 0 aromatic heterocycles. The summed E-state index contributed by atoms with van der Waals surface area (Å²) in [5.74, 6) is -1.16. The van der Waals surface area contributed by atoms with Crippen molar-refractivity contribution in [1.82, 2.24) is 0 Å². The van der Waals surface area contributed by atoms with Gasteiger partial charge in [-0.25, -0.2) is 0 Å². The first-order valence-corrected chi connectivity index (χ1v) is 8.89. The molecule has 0 spiro atoms. The van der Waals surface area contributed by atoms with Crippen molar-refractivity contribution in [3.8, 4) is 0 Å². The minimum absolute atomic E-state index is 0. The van der Waals surface area contributed by atoms with Gasteiger partial charge < -0.3 is 25.2 Å². The summed E-state index contributed by atoms with van der Waals surface area (Å²) < 4.78 is 0. The van der Waals surface area contributed by atoms with Crippen LogP contribution in [0.5, 0.6) is 0 Å². The summed E-state index contributed by atoms with van der Waals surface area (Å²) in [4.78, 5) is 10.3. The van der Waals surface area contributed by atoms with E-state index in [-0.39, 0.29) is 48.8 Å². The van der Waals surface area contributed by atoms with Crippen LogP contribution in [0.2, 0.25) is 0 Å². The molecule has 0 amide bonds. The monoisotopic (exact) mass is 374 g/mol. The fraction of sp³-hybridized carbons (Fsp3) is 0.550. The fourth-order valence-electron chi connectivity index (χ4n) is 2.08. The fourth-order valence-corrected chi connectivity index (χ4v) is 2.08. The second-order valence-corrected chi connectivity index (χ2v) is 5.92. The van der Waals surface area contributed by atoms with Gasteiger partial charge in [0.2, 0.25) is 0 Å². The maximum atomic E-state index is 10.3. The summed E-state index contributed by atoms with van der Waals surface area (Å²) in [7, 11) is 0. The number of carboxylic acids is 1. The number of carboxylic acid groups (broad SMARTS) is 1. The van der Waals surface area contributed by atoms with E-state index in [2.05, 4.69) is 6.92 Å². The summed E-state index contributed by atoms with van der Waals surface area (Å²) in [6.07, 6.45) is 15.7. The second-order valence-electron chi connectivity index (χ2n) is 5.92. The molecule has 0 heterocycles. The van der Waals surface area contributed by atoms with Crippen LogP contribution in [0.3, 0.4) is 0 Å². The number of hydrogen-bond acceptors (Lipinski definition) is 5. The molecule has 142 valence electrons. The minimum atomic E-state index is -1.16. The van der Waals surface area contributed by atoms with E-state index in [1.165, 1.54) is 6.08 Å². The van der Waals surface area contributed by atoms with Crippen molar-refractivity contribution >= 4 is 5.97 Å². The number of aliphatic hydroxyl groups excluding tert-OH is 3. The molecule has 0 aliphatic heterocycles. The van der Waals surface area contributed by atoms with E-state index in [1.54, 1.807) is 42.5 Å². The molecule has 0 aliphatic rings. The standard InChI is InChI=1S/C20H32O5.Na/c1-2-3-8-12-17(21)13-9-6-4-5-7-10-14-18(22)19(23)15-11-16-20(24)25;/h4-7,9-10,13-14,17-19,21-23H,2-3,8,11-12,15-16H2,1H3,(H,24,25);/q;+1/p-1/b6-4-,7-5+,13-9+,14-10+;/t17-,18+,19-;/m0./s1. The van der Waals surface area contributed by atoms with Crippen LogP contribution in [0.1, 0.15) is 51.9 Å². The SMILES string of the molecule is CCCCC[C@H](O)/C=C/C=C\C=C\C=C\[C@@H](O)[C@@H](O)CCCC(=O)[O-].[Na+]. The Morgan fingerprint density at radius 3 is 2.04 bits per heavy atom. The van der Waals surface area contributed by atoms with E-state index < -0.39 is 24.3 Å². The van der Waals surface area contributed by atoms with Gasteiger partial charge in [-0.15, -0.1) is 0 Å². The summed E-state index contributed by atoms with van der Waals surface area (Å²) in [5.41, 5.74) is 0. The van der Waals surface area contributed by atoms with Crippen LogP contribution >= 0.6 is 0 Å². The Bertz CT molecular complexity index is 457. The molecule has 0 saturated heterocycles. The Morgan fingerprint density at radius 2 is 1.46 bits per heavy atom. The normalized spacial score (nSPS) is 15.7. The first-order chi connectivity index (χ1) is 12.0. The Hall–Kier alpha value is -0.690. The first kappa shape index (κ1) is 27.5. The molecule has 3 atom stereocenters. The molecule has 0 rings (SSSR count). The molecule has 0 aromatic rings. The number of rotatable bonds is 14. The van der Waals surface area contributed by atoms with Gasteiger partial charge in [0, 0.05) is 5.97 Å². The Kier molecular flexibility index (Phi) is 20.2. The van der Waals surface area contributed by atoms with Crippen molar-refractivity contribution in [1.29, 1.82) is 0 Å². The summed E-state index contributed by atoms with van der Waals surface area (Å²) in [6.45, 7) is 2.13. The van der Waals surface area contributed by atoms with Gasteiger partial charge in [0.05, 0.1) is 18.3 Å². The van der Waals surface area contributed by atoms with E-state index in [1.807, 2.05) is 0 Å². The molecule has 0 unspecified atom stereocenters. The van der Waals surface area contributed by atoms with Crippen molar-refractivity contribution in [2.75, 3.05) is 0 Å². The van der Waals surface area contributed by atoms with Crippen LogP contribution in [0, 0.1) is 0 Å². The Labute approximate surface area is 179 Å². The number of carbonyl (C=O) groups is 1. The molecule has 0 bridgehead atoms. The molecule has 0 aliphatic carbocycles. The third-order valence-corrected chi connectivity index (χ3v) is 3.58. The number of carbonyl (C=O) groups excluding carboxylic acids is 1. The van der Waals surface area contributed by atoms with Gasteiger partial charge in [0.25, 0.3) is 0 Å². The third-order valence-electron chi connectivity index (χ3n) is 3.58. The molecule has 3 N–H and O–H groups in total. The Morgan fingerprint density at radius 1 is 0.885 bits per heavy atom. The van der Waals surface area contributed by atoms with Gasteiger partial charge in [0.15, 0.2) is 0 Å². The number of aliphatic hydroxyl groups is 3. The molecule has 26 heavy (non-hydrogen) atoms. The van der Waals surface area contributed by atoms with Gasteiger partial charge in [-0.05, 0) is 25.7 Å². The average molecular weight is 374 g/mol. The van der Waals surface area contributed by atoms with Gasteiger partial charge in [-0.3, -0.25) is 0 Å². The molecule has 0 fully saturated rings. The molecule has 0 saturated carbocycles. The predicted molar refractivity (Wildman–Crippen MR) is 97.6 cm³/mol. The average Bonchev–Trinajstić information content (AvgIpc) is 2.56. The quantitative estimate of drug-likeness (QED) is 0.201. The smallest absolute Gasteiger partial charge is 0.550 e. The van der Waals surface area contributed by atoms with Gasteiger partial charge in [-0.1, -0.05) is 74.8 Å². The van der Waals surface area contributed by atoms with E-state index in [0.29, 0.717) is 0 Å². The van der Waals surface area contributed by atoms with Gasteiger partial charge >= 0.3 is 29.6 Å². The minimum Gasteiger partial charge on any atom is -0.550 e. The zero-order valence-corrected chi connectivity index (χ0v) is 18.0. The number of hydrogen-bond donors (Lipinski definition) is 3. The van der Waals surface area contributed by atoms with Crippen LogP contribution in [0.15, 0.2) is 48.6 Å². The summed E-state index contributed by atoms with van der Waals surface area (Å²) in [5, 5.41) is 39.3. The second kappa shape index (κ2) is 19.1. The molecule has 0 radical (unpaired) electrons. The molecule has 5 nitrogen and oxygen atoms in total. The third kappa shape index (κ3) is 18.1. The summed E-state index contributed by atoms with van der Waals surface area (Å²) in [6, 6.07) is 0. The van der Waals surface area contributed by atoms with Crippen LogP contribution < -0.4 is 34.7 Å². The number of unbranched alkanes of at least 4 members (excludes halogenated alkanes) is 2. The van der Waals surface area contributed by atoms with Crippen LogP contribution in [-0.4, -0.2) is 39.6 Å². The van der Waals surface area contributed by atoms with Gasteiger partial charge in [0.1, 0.15) is 0 Å².